The molecule has 7 nitrogen and oxygen atoms in total. The van der Waals surface area contributed by atoms with Crippen molar-refractivity contribution in [2.24, 2.45) is 5.92 Å². The Kier molecular flexibility index (Phi) is 6.93. The number of nitrogens with zero attached hydrogens (tertiary/aromatic N) is 1. The zero-order chi connectivity index (χ0) is 22.8. The molecule has 1 aliphatic heterocycles. The molecule has 0 saturated carbocycles. The molecule has 0 bridgehead atoms. The van der Waals surface area contributed by atoms with Crippen LogP contribution in [0.4, 0.5) is 0 Å². The number of benzene rings is 1. The molecule has 0 aliphatic carbocycles. The highest BCUT2D eigenvalue weighted by Crippen LogP contribution is 2.37. The minimum absolute atomic E-state index is 0.180. The van der Waals surface area contributed by atoms with Gasteiger partial charge in [0.25, 0.3) is 5.56 Å². The van der Waals surface area contributed by atoms with Gasteiger partial charge < -0.3 is 15.0 Å². The van der Waals surface area contributed by atoms with Gasteiger partial charge >= 0.3 is 0 Å². The number of H-pyrrole nitrogens is 1. The maximum absolute atomic E-state index is 12.6. The number of rotatable bonds is 7. The molecule has 170 valence electrons. The molecule has 1 atom stereocenters. The predicted molar refractivity (Wildman–Crippen MR) is 124 cm³/mol. The molecule has 1 unspecified atom stereocenters. The Morgan fingerprint density at radius 3 is 2.52 bits per heavy atom. The van der Waals surface area contributed by atoms with Gasteiger partial charge in [-0.25, -0.2) is 8.42 Å². The fourth-order valence-corrected chi connectivity index (χ4v) is 4.91. The third-order valence-corrected chi connectivity index (χ3v) is 7.00. The van der Waals surface area contributed by atoms with Crippen molar-refractivity contribution in [3.8, 4) is 16.9 Å². The fraction of sp³-hybridized carbons (Fsp3) is 0.522. The average Bonchev–Trinajstić information content (AvgIpc) is 3.19. The van der Waals surface area contributed by atoms with Crippen molar-refractivity contribution < 1.29 is 13.2 Å². The van der Waals surface area contributed by atoms with Gasteiger partial charge in [0.05, 0.1) is 13.4 Å². The standard InChI is InChI=1S/C23H33N3O4S/c1-23(2,3)20-12-19(18-7-6-9-25-22(18)27)17(11-21(20)30-4)15-26(31(5,28)29)14-16-8-10-24-13-16/h6-7,9,11-12,16,24H,8,10,13-15H2,1-5H3,(H,25,27). The van der Waals surface area contributed by atoms with E-state index in [1.807, 2.05) is 12.1 Å². The number of aromatic amines is 1. The number of sulfonamides is 1. The lowest BCUT2D eigenvalue weighted by molar-refractivity contribution is 0.350. The SMILES string of the molecule is COc1cc(CN(CC2CCNC2)S(C)(=O)=O)c(-c2ccc[nH]c2=O)cc1C(C)(C)C. The van der Waals surface area contributed by atoms with Crippen LogP contribution in [0, 0.1) is 5.92 Å². The molecule has 1 fully saturated rings. The summed E-state index contributed by atoms with van der Waals surface area (Å²) in [5.41, 5.74) is 2.53. The van der Waals surface area contributed by atoms with E-state index in [1.165, 1.54) is 10.6 Å². The zero-order valence-electron chi connectivity index (χ0n) is 19.0. The van der Waals surface area contributed by atoms with Gasteiger partial charge in [-0.05, 0) is 66.2 Å². The van der Waals surface area contributed by atoms with E-state index in [-0.39, 0.29) is 23.4 Å². The van der Waals surface area contributed by atoms with Gasteiger partial charge in [0.15, 0.2) is 0 Å². The first-order chi connectivity index (χ1) is 14.5. The predicted octanol–water partition coefficient (Wildman–Crippen LogP) is 2.72. The van der Waals surface area contributed by atoms with Gasteiger partial charge in [0.2, 0.25) is 10.0 Å². The van der Waals surface area contributed by atoms with Crippen molar-refractivity contribution in [1.29, 1.82) is 0 Å². The largest absolute Gasteiger partial charge is 0.496 e. The van der Waals surface area contributed by atoms with Gasteiger partial charge in [-0.1, -0.05) is 20.8 Å². The normalized spacial score (nSPS) is 17.3. The number of ether oxygens (including phenoxy) is 1. The molecule has 0 radical (unpaired) electrons. The van der Waals surface area contributed by atoms with Crippen LogP contribution in [0.5, 0.6) is 5.75 Å². The molecular formula is C23H33N3O4S. The molecule has 3 rings (SSSR count). The van der Waals surface area contributed by atoms with E-state index < -0.39 is 10.0 Å². The second-order valence-electron chi connectivity index (χ2n) is 9.29. The molecule has 1 aliphatic rings. The summed E-state index contributed by atoms with van der Waals surface area (Å²) >= 11 is 0. The van der Waals surface area contributed by atoms with E-state index in [1.54, 1.807) is 25.4 Å². The van der Waals surface area contributed by atoms with Gasteiger partial charge in [0.1, 0.15) is 5.75 Å². The van der Waals surface area contributed by atoms with Crippen molar-refractivity contribution in [1.82, 2.24) is 14.6 Å². The summed E-state index contributed by atoms with van der Waals surface area (Å²) in [6, 6.07) is 7.39. The van der Waals surface area contributed by atoms with Crippen LogP contribution in [-0.2, 0) is 22.0 Å². The van der Waals surface area contributed by atoms with Crippen LogP contribution in [-0.4, -0.2) is 50.7 Å². The van der Waals surface area contributed by atoms with Crippen LogP contribution in [0.15, 0.2) is 35.3 Å². The number of hydrogen-bond donors (Lipinski definition) is 2. The first-order valence-corrected chi connectivity index (χ1v) is 12.4. The summed E-state index contributed by atoms with van der Waals surface area (Å²) in [5, 5.41) is 3.29. The van der Waals surface area contributed by atoms with Crippen molar-refractivity contribution in [3.63, 3.8) is 0 Å². The first-order valence-electron chi connectivity index (χ1n) is 10.6. The van der Waals surface area contributed by atoms with E-state index in [2.05, 4.69) is 31.1 Å². The van der Waals surface area contributed by atoms with Crippen LogP contribution in [0.1, 0.15) is 38.3 Å². The topological polar surface area (TPSA) is 91.5 Å². The van der Waals surface area contributed by atoms with Gasteiger partial charge in [-0.15, -0.1) is 0 Å². The molecule has 31 heavy (non-hydrogen) atoms. The van der Waals surface area contributed by atoms with Crippen LogP contribution in [0.3, 0.4) is 0 Å². The maximum Gasteiger partial charge on any atom is 0.255 e. The molecule has 0 amide bonds. The maximum atomic E-state index is 12.6. The number of nitrogens with one attached hydrogen (secondary N) is 2. The minimum Gasteiger partial charge on any atom is -0.496 e. The third-order valence-electron chi connectivity index (χ3n) is 5.78. The highest BCUT2D eigenvalue weighted by atomic mass is 32.2. The summed E-state index contributed by atoms with van der Waals surface area (Å²) in [6.45, 7) is 8.59. The molecule has 2 aromatic rings. The Hall–Kier alpha value is -2.16. The summed E-state index contributed by atoms with van der Waals surface area (Å²) in [4.78, 5) is 15.3. The Bertz CT molecular complexity index is 1080. The lowest BCUT2D eigenvalue weighted by Crippen LogP contribution is -2.35. The smallest absolute Gasteiger partial charge is 0.255 e. The Balaban J connectivity index is 2.14. The van der Waals surface area contributed by atoms with Gasteiger partial charge in [-0.2, -0.15) is 4.31 Å². The van der Waals surface area contributed by atoms with Crippen molar-refractivity contribution in [2.45, 2.75) is 39.2 Å². The monoisotopic (exact) mass is 447 g/mol. The van der Waals surface area contributed by atoms with E-state index in [9.17, 15) is 13.2 Å². The van der Waals surface area contributed by atoms with Crippen LogP contribution in [0.25, 0.3) is 11.1 Å². The number of hydrogen-bond acceptors (Lipinski definition) is 5. The van der Waals surface area contributed by atoms with E-state index >= 15 is 0 Å². The summed E-state index contributed by atoms with van der Waals surface area (Å²) in [7, 11) is -1.83. The molecule has 2 N–H and O–H groups in total. The second kappa shape index (κ2) is 9.14. The molecule has 1 aromatic carbocycles. The van der Waals surface area contributed by atoms with E-state index in [0.717, 1.165) is 36.2 Å². The average molecular weight is 448 g/mol. The molecule has 1 saturated heterocycles. The summed E-state index contributed by atoms with van der Waals surface area (Å²) in [5.74, 6) is 0.962. The molecule has 2 heterocycles. The Morgan fingerprint density at radius 1 is 1.23 bits per heavy atom. The van der Waals surface area contributed by atoms with Crippen molar-refractivity contribution >= 4 is 10.0 Å². The van der Waals surface area contributed by atoms with E-state index in [0.29, 0.717) is 17.9 Å². The number of methoxy groups -OCH3 is 1. The van der Waals surface area contributed by atoms with Crippen molar-refractivity contribution in [2.75, 3.05) is 33.0 Å². The quantitative estimate of drug-likeness (QED) is 0.681. The number of aromatic nitrogens is 1. The Morgan fingerprint density at radius 2 is 1.97 bits per heavy atom. The minimum atomic E-state index is -3.44. The van der Waals surface area contributed by atoms with E-state index in [4.69, 9.17) is 4.74 Å². The fourth-order valence-electron chi connectivity index (χ4n) is 4.06. The zero-order valence-corrected chi connectivity index (χ0v) is 19.8. The molecule has 8 heteroatoms. The number of pyridine rings is 1. The molecule has 1 aromatic heterocycles. The highest BCUT2D eigenvalue weighted by Gasteiger charge is 2.27. The highest BCUT2D eigenvalue weighted by molar-refractivity contribution is 7.88. The Labute approximate surface area is 184 Å². The lowest BCUT2D eigenvalue weighted by atomic mass is 9.83. The second-order valence-corrected chi connectivity index (χ2v) is 11.3. The van der Waals surface area contributed by atoms with Gasteiger partial charge in [-0.3, -0.25) is 4.79 Å². The molecular weight excluding hydrogens is 414 g/mol. The third kappa shape index (κ3) is 5.56. The van der Waals surface area contributed by atoms with Crippen molar-refractivity contribution in [3.05, 3.63) is 51.9 Å². The lowest BCUT2D eigenvalue weighted by Gasteiger charge is -2.27. The first kappa shape index (κ1) is 23.5. The van der Waals surface area contributed by atoms with Crippen LogP contribution in [0.2, 0.25) is 0 Å². The summed E-state index contributed by atoms with van der Waals surface area (Å²) < 4.78 is 32.4. The van der Waals surface area contributed by atoms with Crippen LogP contribution >= 0.6 is 0 Å². The van der Waals surface area contributed by atoms with Crippen LogP contribution < -0.4 is 15.6 Å². The molecule has 0 spiro atoms. The van der Waals surface area contributed by atoms with Gasteiger partial charge in [0, 0.05) is 30.4 Å². The summed E-state index contributed by atoms with van der Waals surface area (Å²) in [6.07, 6.45) is 3.78.